The number of aryl methyl sites for hydroxylation is 2. The van der Waals surface area contributed by atoms with Gasteiger partial charge in [0, 0.05) is 38.3 Å². The van der Waals surface area contributed by atoms with Crippen LogP contribution in [0.2, 0.25) is 0 Å². The SMILES string of the molecule is Cc1ccc(-c2cc(C(=O)N3CCN(C/C=C/c4ccccc4)CC3)n(-c3ccccc3)n2)cc1C. The Morgan fingerprint density at radius 1 is 0.833 bits per heavy atom. The summed E-state index contributed by atoms with van der Waals surface area (Å²) in [6.07, 6.45) is 4.36. The fourth-order valence-corrected chi connectivity index (χ4v) is 4.54. The van der Waals surface area contributed by atoms with Crippen LogP contribution in [0.5, 0.6) is 0 Å². The molecule has 1 amide bonds. The molecule has 0 unspecified atom stereocenters. The van der Waals surface area contributed by atoms with Gasteiger partial charge in [-0.15, -0.1) is 0 Å². The zero-order valence-electron chi connectivity index (χ0n) is 21.0. The van der Waals surface area contributed by atoms with E-state index >= 15 is 0 Å². The second-order valence-electron chi connectivity index (χ2n) is 9.37. The van der Waals surface area contributed by atoms with Crippen LogP contribution < -0.4 is 0 Å². The first-order chi connectivity index (χ1) is 17.6. The van der Waals surface area contributed by atoms with Crippen molar-refractivity contribution in [1.29, 1.82) is 0 Å². The molecular formula is C31H32N4O. The summed E-state index contributed by atoms with van der Waals surface area (Å²) in [5.41, 5.74) is 7.00. The fraction of sp³-hybridized carbons (Fsp3) is 0.226. The van der Waals surface area contributed by atoms with Gasteiger partial charge in [0.05, 0.1) is 11.4 Å². The van der Waals surface area contributed by atoms with E-state index in [1.54, 1.807) is 4.68 Å². The second-order valence-corrected chi connectivity index (χ2v) is 9.37. The molecule has 0 saturated carbocycles. The maximum absolute atomic E-state index is 13.7. The lowest BCUT2D eigenvalue weighted by Gasteiger charge is -2.34. The van der Waals surface area contributed by atoms with Crippen LogP contribution in [0, 0.1) is 13.8 Å². The number of amides is 1. The van der Waals surface area contributed by atoms with Crippen LogP contribution in [0.25, 0.3) is 23.0 Å². The molecule has 0 bridgehead atoms. The van der Waals surface area contributed by atoms with Gasteiger partial charge < -0.3 is 4.90 Å². The van der Waals surface area contributed by atoms with Gasteiger partial charge in [-0.25, -0.2) is 4.68 Å². The highest BCUT2D eigenvalue weighted by molar-refractivity contribution is 5.94. The predicted molar refractivity (Wildman–Crippen MR) is 146 cm³/mol. The highest BCUT2D eigenvalue weighted by atomic mass is 16.2. The van der Waals surface area contributed by atoms with Crippen molar-refractivity contribution in [1.82, 2.24) is 19.6 Å². The number of carbonyl (C=O) groups is 1. The third-order valence-electron chi connectivity index (χ3n) is 6.86. The number of benzene rings is 3. The van der Waals surface area contributed by atoms with Gasteiger partial charge >= 0.3 is 0 Å². The molecule has 36 heavy (non-hydrogen) atoms. The number of hydrogen-bond acceptors (Lipinski definition) is 3. The summed E-state index contributed by atoms with van der Waals surface area (Å²) in [6, 6.07) is 28.5. The smallest absolute Gasteiger partial charge is 0.272 e. The average molecular weight is 477 g/mol. The van der Waals surface area contributed by atoms with E-state index in [0.29, 0.717) is 18.8 Å². The van der Waals surface area contributed by atoms with Gasteiger partial charge in [0.2, 0.25) is 0 Å². The molecule has 5 heteroatoms. The van der Waals surface area contributed by atoms with Gasteiger partial charge in [-0.3, -0.25) is 9.69 Å². The maximum Gasteiger partial charge on any atom is 0.272 e. The van der Waals surface area contributed by atoms with Crippen LogP contribution in [0.4, 0.5) is 0 Å². The Balaban J connectivity index is 1.32. The Morgan fingerprint density at radius 2 is 1.53 bits per heavy atom. The minimum absolute atomic E-state index is 0.0286. The Hall–Kier alpha value is -3.96. The normalized spacial score (nSPS) is 14.4. The van der Waals surface area contributed by atoms with E-state index in [2.05, 4.69) is 73.4 Å². The second kappa shape index (κ2) is 10.8. The third kappa shape index (κ3) is 5.31. The largest absolute Gasteiger partial charge is 0.335 e. The summed E-state index contributed by atoms with van der Waals surface area (Å²) in [5.74, 6) is 0.0286. The number of piperazine rings is 1. The molecule has 3 aromatic carbocycles. The third-order valence-corrected chi connectivity index (χ3v) is 6.86. The molecule has 1 aliphatic rings. The summed E-state index contributed by atoms with van der Waals surface area (Å²) in [6.45, 7) is 8.22. The first-order valence-corrected chi connectivity index (χ1v) is 12.5. The number of para-hydroxylation sites is 1. The Morgan fingerprint density at radius 3 is 2.22 bits per heavy atom. The number of rotatable bonds is 6. The number of aromatic nitrogens is 2. The molecule has 0 spiro atoms. The van der Waals surface area contributed by atoms with E-state index in [4.69, 9.17) is 5.10 Å². The first-order valence-electron chi connectivity index (χ1n) is 12.5. The first kappa shape index (κ1) is 23.8. The van der Waals surface area contributed by atoms with Crippen molar-refractivity contribution in [3.63, 3.8) is 0 Å². The van der Waals surface area contributed by atoms with E-state index in [9.17, 15) is 4.79 Å². The van der Waals surface area contributed by atoms with Crippen LogP contribution in [-0.2, 0) is 0 Å². The summed E-state index contributed by atoms with van der Waals surface area (Å²) < 4.78 is 1.79. The van der Waals surface area contributed by atoms with E-state index < -0.39 is 0 Å². The van der Waals surface area contributed by atoms with Gasteiger partial charge in [-0.1, -0.05) is 72.8 Å². The van der Waals surface area contributed by atoms with Crippen molar-refractivity contribution in [2.45, 2.75) is 13.8 Å². The van der Waals surface area contributed by atoms with E-state index in [0.717, 1.165) is 36.6 Å². The van der Waals surface area contributed by atoms with Gasteiger partial charge in [0.1, 0.15) is 5.69 Å². The molecule has 1 aromatic heterocycles. The molecule has 5 rings (SSSR count). The molecule has 1 aliphatic heterocycles. The number of nitrogens with zero attached hydrogens (tertiary/aromatic N) is 4. The maximum atomic E-state index is 13.7. The Labute approximate surface area is 213 Å². The van der Waals surface area contributed by atoms with Crippen molar-refractivity contribution in [2.75, 3.05) is 32.7 Å². The molecule has 2 heterocycles. The lowest BCUT2D eigenvalue weighted by Crippen LogP contribution is -2.49. The van der Waals surface area contributed by atoms with Gasteiger partial charge in [-0.2, -0.15) is 5.10 Å². The highest BCUT2D eigenvalue weighted by Gasteiger charge is 2.26. The Kier molecular flexibility index (Phi) is 7.10. The number of carbonyl (C=O) groups excluding carboxylic acids is 1. The van der Waals surface area contributed by atoms with Crippen LogP contribution in [0.3, 0.4) is 0 Å². The molecule has 0 radical (unpaired) electrons. The van der Waals surface area contributed by atoms with E-state index in [-0.39, 0.29) is 5.91 Å². The molecule has 182 valence electrons. The molecule has 1 saturated heterocycles. The van der Waals surface area contributed by atoms with Crippen molar-refractivity contribution in [3.8, 4) is 16.9 Å². The molecule has 4 aromatic rings. The minimum atomic E-state index is 0.0286. The van der Waals surface area contributed by atoms with Crippen LogP contribution >= 0.6 is 0 Å². The lowest BCUT2D eigenvalue weighted by molar-refractivity contribution is 0.0641. The molecule has 1 fully saturated rings. The van der Waals surface area contributed by atoms with Crippen molar-refractivity contribution in [2.24, 2.45) is 0 Å². The highest BCUT2D eigenvalue weighted by Crippen LogP contribution is 2.25. The predicted octanol–water partition coefficient (Wildman–Crippen LogP) is 5.63. The fourth-order valence-electron chi connectivity index (χ4n) is 4.54. The summed E-state index contributed by atoms with van der Waals surface area (Å²) in [7, 11) is 0. The summed E-state index contributed by atoms with van der Waals surface area (Å²) >= 11 is 0. The van der Waals surface area contributed by atoms with E-state index in [1.165, 1.54) is 16.7 Å². The van der Waals surface area contributed by atoms with Crippen molar-refractivity contribution >= 4 is 12.0 Å². The quantitative estimate of drug-likeness (QED) is 0.362. The van der Waals surface area contributed by atoms with Gasteiger partial charge in [0.15, 0.2) is 0 Å². The molecule has 0 N–H and O–H groups in total. The minimum Gasteiger partial charge on any atom is -0.335 e. The summed E-state index contributed by atoms with van der Waals surface area (Å²) in [5, 5.41) is 4.87. The topological polar surface area (TPSA) is 41.4 Å². The molecule has 0 aliphatic carbocycles. The van der Waals surface area contributed by atoms with Crippen LogP contribution in [0.1, 0.15) is 27.2 Å². The zero-order chi connectivity index (χ0) is 24.9. The summed E-state index contributed by atoms with van der Waals surface area (Å²) in [4.78, 5) is 18.0. The van der Waals surface area contributed by atoms with Gasteiger partial charge in [-0.05, 0) is 54.8 Å². The van der Waals surface area contributed by atoms with Crippen LogP contribution in [-0.4, -0.2) is 58.2 Å². The van der Waals surface area contributed by atoms with Gasteiger partial charge in [0.25, 0.3) is 5.91 Å². The average Bonchev–Trinajstić information content (AvgIpc) is 3.37. The van der Waals surface area contributed by atoms with Crippen molar-refractivity contribution < 1.29 is 4.79 Å². The molecular weight excluding hydrogens is 444 g/mol. The number of hydrogen-bond donors (Lipinski definition) is 0. The van der Waals surface area contributed by atoms with Crippen LogP contribution in [0.15, 0.2) is 91.0 Å². The molecule has 5 nitrogen and oxygen atoms in total. The molecule has 0 atom stereocenters. The lowest BCUT2D eigenvalue weighted by atomic mass is 10.0. The monoisotopic (exact) mass is 476 g/mol. The zero-order valence-corrected chi connectivity index (χ0v) is 21.0. The van der Waals surface area contributed by atoms with Crippen molar-refractivity contribution in [3.05, 3.63) is 113 Å². The van der Waals surface area contributed by atoms with E-state index in [1.807, 2.05) is 47.4 Å². The Bertz CT molecular complexity index is 1350. The standard InChI is InChI=1S/C31H32N4O/c1-24-15-16-27(22-25(24)2)29-23-30(35(32-29)28-13-7-4-8-14-28)31(36)34-20-18-33(19-21-34)17-9-12-26-10-5-3-6-11-26/h3-16,22-23H,17-21H2,1-2H3/b12-9+.